The number of nitrogens with one attached hydrogen (secondary N) is 2. The number of carbonyl (C=O) groups excluding carboxylic acids is 1. The van der Waals surface area contributed by atoms with Gasteiger partial charge in [-0.25, -0.2) is 4.79 Å². The second kappa shape index (κ2) is 8.17. The molecule has 2 amide bonds. The van der Waals surface area contributed by atoms with Crippen molar-refractivity contribution in [1.29, 1.82) is 0 Å². The molecule has 1 aromatic rings. The van der Waals surface area contributed by atoms with Gasteiger partial charge in [-0.05, 0) is 25.0 Å². The van der Waals surface area contributed by atoms with Crippen LogP contribution < -0.4 is 10.6 Å². The molecule has 1 aromatic carbocycles. The number of rotatable bonds is 7. The van der Waals surface area contributed by atoms with E-state index in [4.69, 9.17) is 0 Å². The minimum Gasteiger partial charge on any atom is -0.388 e. The second-order valence-electron chi connectivity index (χ2n) is 5.28. The standard InChI is InChI=1S/C15H24N2O2S/c1-12(2)15(3,19)11-17-14(18)16-9-10-20-13-7-5-4-6-8-13/h4-8,12,19H,9-11H2,1-3H3,(H2,16,17,18). The van der Waals surface area contributed by atoms with Gasteiger partial charge in [0, 0.05) is 23.7 Å². The van der Waals surface area contributed by atoms with E-state index >= 15 is 0 Å². The van der Waals surface area contributed by atoms with E-state index < -0.39 is 5.60 Å². The molecule has 0 aliphatic carbocycles. The van der Waals surface area contributed by atoms with Gasteiger partial charge in [0.2, 0.25) is 0 Å². The van der Waals surface area contributed by atoms with Gasteiger partial charge in [-0.15, -0.1) is 11.8 Å². The maximum Gasteiger partial charge on any atom is 0.314 e. The average Bonchev–Trinajstić information content (AvgIpc) is 2.42. The lowest BCUT2D eigenvalue weighted by atomic mass is 9.93. The summed E-state index contributed by atoms with van der Waals surface area (Å²) in [6, 6.07) is 9.83. The van der Waals surface area contributed by atoms with E-state index in [0.29, 0.717) is 6.54 Å². The Bertz CT molecular complexity index is 408. The van der Waals surface area contributed by atoms with Crippen LogP contribution in [-0.4, -0.2) is 35.6 Å². The van der Waals surface area contributed by atoms with Crippen LogP contribution in [0.2, 0.25) is 0 Å². The first kappa shape index (κ1) is 16.9. The predicted octanol–water partition coefficient (Wildman–Crippen LogP) is 2.48. The fourth-order valence-electron chi connectivity index (χ4n) is 1.38. The third kappa shape index (κ3) is 6.30. The van der Waals surface area contributed by atoms with Crippen molar-refractivity contribution in [2.45, 2.75) is 31.3 Å². The fourth-order valence-corrected chi connectivity index (χ4v) is 2.17. The largest absolute Gasteiger partial charge is 0.388 e. The van der Waals surface area contributed by atoms with Crippen molar-refractivity contribution in [2.75, 3.05) is 18.8 Å². The topological polar surface area (TPSA) is 61.4 Å². The number of hydrogen-bond acceptors (Lipinski definition) is 3. The lowest BCUT2D eigenvalue weighted by Crippen LogP contribution is -2.47. The summed E-state index contributed by atoms with van der Waals surface area (Å²) in [5.74, 6) is 0.911. The molecule has 20 heavy (non-hydrogen) atoms. The second-order valence-corrected chi connectivity index (χ2v) is 6.45. The number of amides is 2. The van der Waals surface area contributed by atoms with Crippen molar-refractivity contribution in [3.8, 4) is 0 Å². The Morgan fingerprint density at radius 1 is 1.30 bits per heavy atom. The summed E-state index contributed by atoms with van der Waals surface area (Å²) >= 11 is 1.70. The van der Waals surface area contributed by atoms with Crippen molar-refractivity contribution in [3.05, 3.63) is 30.3 Å². The first-order valence-corrected chi connectivity index (χ1v) is 7.82. The minimum absolute atomic E-state index is 0.0939. The van der Waals surface area contributed by atoms with Crippen LogP contribution in [0.5, 0.6) is 0 Å². The molecule has 5 heteroatoms. The van der Waals surface area contributed by atoms with Crippen LogP contribution in [0.1, 0.15) is 20.8 Å². The van der Waals surface area contributed by atoms with Crippen molar-refractivity contribution >= 4 is 17.8 Å². The zero-order valence-electron chi connectivity index (χ0n) is 12.3. The van der Waals surface area contributed by atoms with Gasteiger partial charge in [0.05, 0.1) is 5.60 Å². The Labute approximate surface area is 125 Å². The number of hydrogen-bond donors (Lipinski definition) is 3. The molecule has 0 heterocycles. The summed E-state index contributed by atoms with van der Waals surface area (Å²) in [7, 11) is 0. The number of aliphatic hydroxyl groups is 1. The van der Waals surface area contributed by atoms with Gasteiger partial charge in [-0.1, -0.05) is 32.0 Å². The van der Waals surface area contributed by atoms with E-state index in [2.05, 4.69) is 10.6 Å². The summed E-state index contributed by atoms with van der Waals surface area (Å²) in [6.45, 7) is 6.42. The highest BCUT2D eigenvalue weighted by Crippen LogP contribution is 2.16. The lowest BCUT2D eigenvalue weighted by molar-refractivity contribution is 0.0166. The van der Waals surface area contributed by atoms with Gasteiger partial charge in [0.15, 0.2) is 0 Å². The van der Waals surface area contributed by atoms with Crippen molar-refractivity contribution in [1.82, 2.24) is 10.6 Å². The van der Waals surface area contributed by atoms with Crippen molar-refractivity contribution in [2.24, 2.45) is 5.92 Å². The fraction of sp³-hybridized carbons (Fsp3) is 0.533. The van der Waals surface area contributed by atoms with Gasteiger partial charge in [-0.2, -0.15) is 0 Å². The Kier molecular flexibility index (Phi) is 6.88. The highest BCUT2D eigenvalue weighted by Gasteiger charge is 2.25. The minimum atomic E-state index is -0.879. The molecule has 3 N–H and O–H groups in total. The maximum atomic E-state index is 11.6. The molecule has 0 aliphatic heterocycles. The summed E-state index contributed by atoms with van der Waals surface area (Å²) in [6.07, 6.45) is 0. The highest BCUT2D eigenvalue weighted by atomic mass is 32.2. The molecule has 0 saturated heterocycles. The average molecular weight is 296 g/mol. The van der Waals surface area contributed by atoms with E-state index in [9.17, 15) is 9.90 Å². The van der Waals surface area contributed by atoms with Crippen LogP contribution in [0.4, 0.5) is 4.79 Å². The summed E-state index contributed by atoms with van der Waals surface area (Å²) < 4.78 is 0. The summed E-state index contributed by atoms with van der Waals surface area (Å²) in [4.78, 5) is 12.8. The van der Waals surface area contributed by atoms with Crippen LogP contribution >= 0.6 is 11.8 Å². The van der Waals surface area contributed by atoms with E-state index in [0.717, 1.165) is 5.75 Å². The molecule has 0 spiro atoms. The number of urea groups is 1. The Morgan fingerprint density at radius 2 is 1.95 bits per heavy atom. The van der Waals surface area contributed by atoms with Crippen molar-refractivity contribution < 1.29 is 9.90 Å². The molecule has 1 atom stereocenters. The quantitative estimate of drug-likeness (QED) is 0.535. The third-order valence-electron chi connectivity index (χ3n) is 3.25. The van der Waals surface area contributed by atoms with Gasteiger partial charge >= 0.3 is 6.03 Å². The molecule has 0 radical (unpaired) electrons. The van der Waals surface area contributed by atoms with Crippen LogP contribution in [-0.2, 0) is 0 Å². The molecule has 1 unspecified atom stereocenters. The van der Waals surface area contributed by atoms with Gasteiger partial charge in [0.1, 0.15) is 0 Å². The normalized spacial score (nSPS) is 13.8. The van der Waals surface area contributed by atoms with Crippen molar-refractivity contribution in [3.63, 3.8) is 0 Å². The summed E-state index contributed by atoms with van der Waals surface area (Å²) in [5, 5.41) is 15.5. The van der Waals surface area contributed by atoms with E-state index in [1.165, 1.54) is 4.90 Å². The van der Waals surface area contributed by atoms with Crippen LogP contribution in [0.25, 0.3) is 0 Å². The van der Waals surface area contributed by atoms with Gasteiger partial charge in [-0.3, -0.25) is 0 Å². The molecule has 0 aromatic heterocycles. The third-order valence-corrected chi connectivity index (χ3v) is 4.26. The first-order valence-electron chi connectivity index (χ1n) is 6.84. The van der Waals surface area contributed by atoms with Crippen LogP contribution in [0.15, 0.2) is 35.2 Å². The zero-order chi connectivity index (χ0) is 15.0. The van der Waals surface area contributed by atoms with E-state index in [-0.39, 0.29) is 18.5 Å². The number of benzene rings is 1. The Balaban J connectivity index is 2.15. The molecule has 0 bridgehead atoms. The monoisotopic (exact) mass is 296 g/mol. The van der Waals surface area contributed by atoms with Gasteiger partial charge < -0.3 is 15.7 Å². The SMILES string of the molecule is CC(C)C(C)(O)CNC(=O)NCCSc1ccccc1. The Hall–Kier alpha value is -1.20. The summed E-state index contributed by atoms with van der Waals surface area (Å²) in [5.41, 5.74) is -0.879. The van der Waals surface area contributed by atoms with E-state index in [1.54, 1.807) is 18.7 Å². The molecule has 0 fully saturated rings. The van der Waals surface area contributed by atoms with Crippen LogP contribution in [0.3, 0.4) is 0 Å². The molecular formula is C15H24N2O2S. The number of carbonyl (C=O) groups is 1. The Morgan fingerprint density at radius 3 is 2.55 bits per heavy atom. The lowest BCUT2D eigenvalue weighted by Gasteiger charge is -2.27. The smallest absolute Gasteiger partial charge is 0.314 e. The maximum absolute atomic E-state index is 11.6. The molecule has 1 rings (SSSR count). The number of thioether (sulfide) groups is 1. The van der Waals surface area contributed by atoms with E-state index in [1.807, 2.05) is 44.2 Å². The predicted molar refractivity (Wildman–Crippen MR) is 84.0 cm³/mol. The van der Waals surface area contributed by atoms with Gasteiger partial charge in [0.25, 0.3) is 0 Å². The molecule has 112 valence electrons. The molecule has 0 saturated carbocycles. The first-order chi connectivity index (χ1) is 9.42. The molecule has 4 nitrogen and oxygen atoms in total. The highest BCUT2D eigenvalue weighted by molar-refractivity contribution is 7.99. The molecule has 0 aliphatic rings. The zero-order valence-corrected chi connectivity index (χ0v) is 13.2. The van der Waals surface area contributed by atoms with Crippen LogP contribution in [0, 0.1) is 5.92 Å². The molecular weight excluding hydrogens is 272 g/mol.